The molecule has 6 rings (SSSR count). The summed E-state index contributed by atoms with van der Waals surface area (Å²) in [6.45, 7) is 0. The number of nitrogens with zero attached hydrogens (tertiary/aromatic N) is 15. The van der Waals surface area contributed by atoms with Gasteiger partial charge in [-0.05, 0) is 70.2 Å². The van der Waals surface area contributed by atoms with Crippen LogP contribution in [0.5, 0.6) is 0 Å². The molecule has 0 aliphatic rings. The van der Waals surface area contributed by atoms with Crippen molar-refractivity contribution in [3.63, 3.8) is 0 Å². The fraction of sp³-hybridized carbons (Fsp3) is 0.364. The molecule has 0 saturated carbocycles. The predicted molar refractivity (Wildman–Crippen MR) is 240 cm³/mol. The maximum absolute atomic E-state index is 9.75. The van der Waals surface area contributed by atoms with E-state index in [0.717, 1.165) is 33.1 Å². The number of amidine groups is 3. The summed E-state index contributed by atoms with van der Waals surface area (Å²) in [5.74, 6) is 0. The highest BCUT2D eigenvalue weighted by Gasteiger charge is 2.23. The first-order valence-corrected chi connectivity index (χ1v) is 19.9. The van der Waals surface area contributed by atoms with Crippen molar-refractivity contribution in [2.75, 3.05) is 84.6 Å². The molecule has 36 heteroatoms. The molecule has 3 aromatic carbocycles. The highest BCUT2D eigenvalue weighted by atomic mass is 35.5. The summed E-state index contributed by atoms with van der Waals surface area (Å²) in [6.07, 6.45) is 0. The summed E-state index contributed by atoms with van der Waals surface area (Å²) in [5, 5.41) is 25.7. The van der Waals surface area contributed by atoms with Crippen molar-refractivity contribution >= 4 is 108 Å². The standard InChI is InChI=1S/3C11H15ClN5O.3BF4/c3*1-15(2)11(16(3)4)18-17-10-7-8(12)5-6-9(10)13-14-17;3*2-1(3,4)5/h3*5-7H,1-4H3;;;/q3*+1;3*-1. The molecule has 384 valence electrons. The molecule has 0 aliphatic carbocycles. The minimum absolute atomic E-state index is 0.617. The van der Waals surface area contributed by atoms with Crippen LogP contribution in [0, 0.1) is 0 Å². The number of fused-ring (bicyclic) bond motifs is 3. The number of hydrogen-bond acceptors (Lipinski definition) is 9. The van der Waals surface area contributed by atoms with Crippen LogP contribution >= 0.6 is 34.8 Å². The molecule has 0 spiro atoms. The third-order valence-electron chi connectivity index (χ3n) is 6.93. The van der Waals surface area contributed by atoms with E-state index in [9.17, 15) is 51.8 Å². The molecule has 0 radical (unpaired) electrons. The van der Waals surface area contributed by atoms with E-state index in [4.69, 9.17) is 49.3 Å². The normalized spacial score (nSPS) is 10.8. The summed E-state index contributed by atoms with van der Waals surface area (Å²) in [4.78, 5) is 26.7. The van der Waals surface area contributed by atoms with Gasteiger partial charge in [-0.25, -0.2) is 28.4 Å². The molecule has 3 aromatic heterocycles. The number of aromatic nitrogens is 9. The second kappa shape index (κ2) is 26.6. The van der Waals surface area contributed by atoms with Crippen molar-refractivity contribution in [1.29, 1.82) is 0 Å². The number of benzene rings is 3. The first-order chi connectivity index (χ1) is 31.5. The van der Waals surface area contributed by atoms with Crippen LogP contribution < -0.4 is 14.5 Å². The van der Waals surface area contributed by atoms with Gasteiger partial charge in [-0.2, -0.15) is 0 Å². The molecule has 69 heavy (non-hydrogen) atoms. The second-order valence-corrected chi connectivity index (χ2v) is 15.6. The Morgan fingerprint density at radius 1 is 0.420 bits per heavy atom. The van der Waals surface area contributed by atoms with Gasteiger partial charge in [0.25, 0.3) is 0 Å². The van der Waals surface area contributed by atoms with Gasteiger partial charge in [0.1, 0.15) is 33.1 Å². The van der Waals surface area contributed by atoms with Crippen LogP contribution in [0.4, 0.5) is 51.8 Å². The second-order valence-electron chi connectivity index (χ2n) is 14.3. The van der Waals surface area contributed by atoms with Gasteiger partial charge in [-0.15, -0.1) is 15.3 Å². The monoisotopic (exact) mass is 1070 g/mol. The molecular weight excluding hydrogens is 1020 g/mol. The molecule has 0 unspecified atom stereocenters. The lowest BCUT2D eigenvalue weighted by molar-refractivity contribution is -0.480. The number of rotatable bonds is 3. The van der Waals surface area contributed by atoms with E-state index < -0.39 is 21.8 Å². The molecule has 0 fully saturated rings. The SMILES string of the molecule is CN(C)C(On1nnc2ccc(Cl)cc21)=[N+](C)C.CN(C)C(On1nnc2ccc(Cl)cc21)=[N+](C)C.CN(C)C(On1nnc2ccc(Cl)cc21)=[N+](C)C.F[B-](F)(F)F.F[B-](F)(F)F.F[B-](F)(F)F. The van der Waals surface area contributed by atoms with Crippen LogP contribution in [0.15, 0.2) is 54.6 Å². The van der Waals surface area contributed by atoms with E-state index in [1.807, 2.05) is 113 Å². The van der Waals surface area contributed by atoms with Gasteiger partial charge < -0.3 is 51.8 Å². The Morgan fingerprint density at radius 3 is 0.768 bits per heavy atom. The Balaban J connectivity index is 0.000000450. The van der Waals surface area contributed by atoms with Crippen molar-refractivity contribution in [1.82, 2.24) is 60.2 Å². The maximum Gasteiger partial charge on any atom is 0.673 e. The van der Waals surface area contributed by atoms with Crippen molar-refractivity contribution in [2.45, 2.75) is 0 Å². The molecule has 0 N–H and O–H groups in total. The smallest absolute Gasteiger partial charge is 0.418 e. The van der Waals surface area contributed by atoms with Crippen LogP contribution in [0.2, 0.25) is 15.1 Å². The molecule has 6 aromatic rings. The molecule has 3 heterocycles. The molecule has 0 amide bonds. The van der Waals surface area contributed by atoms with Crippen molar-refractivity contribution in [2.24, 2.45) is 0 Å². The van der Waals surface area contributed by atoms with Crippen molar-refractivity contribution in [3.8, 4) is 0 Å². The fourth-order valence-electron chi connectivity index (χ4n) is 4.74. The van der Waals surface area contributed by atoms with E-state index in [-0.39, 0.29) is 0 Å². The van der Waals surface area contributed by atoms with Gasteiger partial charge in [-0.1, -0.05) is 49.3 Å². The molecular formula is C33H45B3Cl3F12N15O3. The first kappa shape index (κ1) is 60.9. The highest BCUT2D eigenvalue weighted by molar-refractivity contribution is 6.50. The van der Waals surface area contributed by atoms with Gasteiger partial charge in [0.05, 0.1) is 84.6 Å². The zero-order valence-corrected chi connectivity index (χ0v) is 40.8. The molecule has 0 aliphatic heterocycles. The lowest BCUT2D eigenvalue weighted by Gasteiger charge is -2.10. The van der Waals surface area contributed by atoms with Gasteiger partial charge in [-0.3, -0.25) is 14.5 Å². The van der Waals surface area contributed by atoms with E-state index in [1.165, 1.54) is 14.5 Å². The Bertz CT molecular complexity index is 2370. The Hall–Kier alpha value is -6.11. The van der Waals surface area contributed by atoms with E-state index >= 15 is 0 Å². The Kier molecular flexibility index (Phi) is 23.5. The lowest BCUT2D eigenvalue weighted by Crippen LogP contribution is -2.39. The van der Waals surface area contributed by atoms with Crippen molar-refractivity contribution < 1.29 is 80.0 Å². The van der Waals surface area contributed by atoms with Gasteiger partial charge >= 0.3 is 39.8 Å². The van der Waals surface area contributed by atoms with Crippen LogP contribution in [0.3, 0.4) is 0 Å². The fourth-order valence-corrected chi connectivity index (χ4v) is 5.24. The predicted octanol–water partition coefficient (Wildman–Crippen LogP) is 6.01. The topological polar surface area (TPSA) is 139 Å². The Labute approximate surface area is 401 Å². The average Bonchev–Trinajstić information content (AvgIpc) is 3.88. The first-order valence-electron chi connectivity index (χ1n) is 18.8. The Morgan fingerprint density at radius 2 is 0.609 bits per heavy atom. The zero-order chi connectivity index (χ0) is 53.4. The molecule has 0 saturated heterocycles. The highest BCUT2D eigenvalue weighted by Crippen LogP contribution is 2.19. The summed E-state index contributed by atoms with van der Waals surface area (Å²) < 4.78 is 123. The quantitative estimate of drug-likeness (QED) is 0.0675. The third kappa shape index (κ3) is 24.1. The van der Waals surface area contributed by atoms with Crippen molar-refractivity contribution in [3.05, 3.63) is 69.7 Å². The summed E-state index contributed by atoms with van der Waals surface area (Å²) in [7, 11) is 4.68. The van der Waals surface area contributed by atoms with Crippen LogP contribution in [0.1, 0.15) is 0 Å². The molecule has 0 bridgehead atoms. The van der Waals surface area contributed by atoms with Crippen LogP contribution in [-0.2, 0) is 0 Å². The van der Waals surface area contributed by atoms with Gasteiger partial charge in [0.2, 0.25) is 0 Å². The van der Waals surface area contributed by atoms with Crippen LogP contribution in [0.25, 0.3) is 33.1 Å². The third-order valence-corrected chi connectivity index (χ3v) is 7.64. The van der Waals surface area contributed by atoms with Gasteiger partial charge in [0.15, 0.2) is 0 Å². The number of halogens is 15. The largest absolute Gasteiger partial charge is 0.673 e. The molecule has 0 atom stereocenters. The summed E-state index contributed by atoms with van der Waals surface area (Å²) >= 11 is 17.9. The number of hydrogen-bond donors (Lipinski definition) is 0. The zero-order valence-electron chi connectivity index (χ0n) is 38.5. The van der Waals surface area contributed by atoms with Gasteiger partial charge in [0, 0.05) is 15.1 Å². The minimum Gasteiger partial charge on any atom is -0.418 e. The van der Waals surface area contributed by atoms with Crippen LogP contribution in [-0.4, -0.2) is 198 Å². The summed E-state index contributed by atoms with van der Waals surface area (Å²) in [5.41, 5.74) is 4.37. The lowest BCUT2D eigenvalue weighted by atomic mass is 10.3. The van der Waals surface area contributed by atoms with E-state index in [1.54, 1.807) is 54.6 Å². The molecule has 18 nitrogen and oxygen atoms in total. The van der Waals surface area contributed by atoms with E-state index in [2.05, 4.69) is 30.9 Å². The summed E-state index contributed by atoms with van der Waals surface area (Å²) in [6, 6.07) is 17.9. The van der Waals surface area contributed by atoms with E-state index in [0.29, 0.717) is 33.1 Å². The average molecular weight is 1070 g/mol. The minimum atomic E-state index is -6.00. The maximum atomic E-state index is 9.75.